The van der Waals surface area contributed by atoms with Gasteiger partial charge in [-0.25, -0.2) is 0 Å². The molecule has 0 aromatic heterocycles. The fourth-order valence-electron chi connectivity index (χ4n) is 4.54. The number of hydrogen-bond acceptors (Lipinski definition) is 5. The Morgan fingerprint density at radius 3 is 2.38 bits per heavy atom. The average Bonchev–Trinajstić information content (AvgIpc) is 2.87. The monoisotopic (exact) mass is 463 g/mol. The van der Waals surface area contributed by atoms with E-state index >= 15 is 0 Å². The largest absolute Gasteiger partial charge is 0.378 e. The van der Waals surface area contributed by atoms with Crippen LogP contribution in [0.5, 0.6) is 0 Å². The summed E-state index contributed by atoms with van der Waals surface area (Å²) >= 11 is 0. The number of fused-ring (bicyclic) bond motifs is 1. The van der Waals surface area contributed by atoms with Crippen molar-refractivity contribution in [3.05, 3.63) is 59.2 Å². The molecule has 1 fully saturated rings. The van der Waals surface area contributed by atoms with Gasteiger partial charge in [-0.3, -0.25) is 14.4 Å². The number of aryl methyl sites for hydroxylation is 2. The number of likely N-dealkylation sites (N-methyl/N-ethyl adjacent to an activating group) is 1. The molecular formula is C27H33N3O4. The highest BCUT2D eigenvalue weighted by Gasteiger charge is 2.17. The van der Waals surface area contributed by atoms with Crippen molar-refractivity contribution in [1.29, 1.82) is 0 Å². The van der Waals surface area contributed by atoms with Crippen molar-refractivity contribution in [3.63, 3.8) is 0 Å². The number of hydrogen-bond donors (Lipinski definition) is 1. The summed E-state index contributed by atoms with van der Waals surface area (Å²) in [6, 6.07) is 13.6. The zero-order valence-electron chi connectivity index (χ0n) is 19.8. The van der Waals surface area contributed by atoms with E-state index in [1.165, 1.54) is 22.4 Å². The number of ketones is 1. The minimum Gasteiger partial charge on any atom is -0.378 e. The summed E-state index contributed by atoms with van der Waals surface area (Å²) in [7, 11) is 1.59. The predicted octanol–water partition coefficient (Wildman–Crippen LogP) is 3.46. The molecule has 2 aromatic rings. The molecule has 1 heterocycles. The van der Waals surface area contributed by atoms with Gasteiger partial charge in [-0.15, -0.1) is 0 Å². The molecule has 180 valence electrons. The van der Waals surface area contributed by atoms with Gasteiger partial charge in [0.25, 0.3) is 0 Å². The quantitative estimate of drug-likeness (QED) is 0.607. The van der Waals surface area contributed by atoms with Crippen molar-refractivity contribution in [1.82, 2.24) is 4.90 Å². The summed E-state index contributed by atoms with van der Waals surface area (Å²) in [6.45, 7) is 3.09. The molecule has 1 N–H and O–H groups in total. The number of carbonyl (C=O) groups excluding carboxylic acids is 3. The van der Waals surface area contributed by atoms with E-state index in [1.54, 1.807) is 7.05 Å². The number of ether oxygens (including phenoxy) is 1. The fourth-order valence-corrected chi connectivity index (χ4v) is 4.54. The molecule has 1 aliphatic heterocycles. The van der Waals surface area contributed by atoms with Crippen LogP contribution in [0.25, 0.3) is 0 Å². The third kappa shape index (κ3) is 6.23. The van der Waals surface area contributed by atoms with Crippen LogP contribution in [0.1, 0.15) is 47.2 Å². The van der Waals surface area contributed by atoms with Crippen LogP contribution in [-0.2, 0) is 27.2 Å². The Kier molecular flexibility index (Phi) is 7.95. The van der Waals surface area contributed by atoms with Crippen LogP contribution in [0, 0.1) is 0 Å². The van der Waals surface area contributed by atoms with E-state index in [4.69, 9.17) is 4.74 Å². The maximum Gasteiger partial charge on any atom is 0.243 e. The molecule has 34 heavy (non-hydrogen) atoms. The van der Waals surface area contributed by atoms with Crippen LogP contribution in [0.15, 0.2) is 42.5 Å². The highest BCUT2D eigenvalue weighted by atomic mass is 16.5. The Labute approximate surface area is 201 Å². The van der Waals surface area contributed by atoms with Crippen LogP contribution in [0.2, 0.25) is 0 Å². The molecule has 2 aromatic carbocycles. The van der Waals surface area contributed by atoms with Crippen LogP contribution < -0.4 is 10.2 Å². The normalized spacial score (nSPS) is 15.4. The van der Waals surface area contributed by atoms with Crippen LogP contribution in [-0.4, -0.2) is 62.4 Å². The van der Waals surface area contributed by atoms with E-state index in [2.05, 4.69) is 10.2 Å². The highest BCUT2D eigenvalue weighted by molar-refractivity contribution is 5.99. The van der Waals surface area contributed by atoms with Crippen molar-refractivity contribution < 1.29 is 19.1 Å². The predicted molar refractivity (Wildman–Crippen MR) is 132 cm³/mol. The van der Waals surface area contributed by atoms with Gasteiger partial charge >= 0.3 is 0 Å². The standard InChI is InChI=1S/C27H33N3O4/c1-29(19-26(32)28-23-8-10-24(11-9-23)30-14-16-34-17-15-30)27(33)13-12-25(31)22-7-6-20-4-2-3-5-21(20)18-22/h6-11,18H,2-5,12-17,19H2,1H3,(H,28,32). The van der Waals surface area contributed by atoms with Gasteiger partial charge in [0.2, 0.25) is 11.8 Å². The summed E-state index contributed by atoms with van der Waals surface area (Å²) in [6.07, 6.45) is 4.69. The Balaban J connectivity index is 1.22. The fraction of sp³-hybridized carbons (Fsp3) is 0.444. The summed E-state index contributed by atoms with van der Waals surface area (Å²) in [5.74, 6) is -0.514. The first kappa shape index (κ1) is 24.0. The number of nitrogens with one attached hydrogen (secondary N) is 1. The molecule has 4 rings (SSSR count). The van der Waals surface area contributed by atoms with Gasteiger partial charge < -0.3 is 19.9 Å². The maximum absolute atomic E-state index is 12.6. The van der Waals surface area contributed by atoms with Crippen molar-refractivity contribution in [3.8, 4) is 0 Å². The van der Waals surface area contributed by atoms with Gasteiger partial charge in [0.15, 0.2) is 5.78 Å². The second kappa shape index (κ2) is 11.3. The molecule has 0 unspecified atom stereocenters. The number of morpholine rings is 1. The number of benzene rings is 2. The Morgan fingerprint density at radius 1 is 0.941 bits per heavy atom. The second-order valence-corrected chi connectivity index (χ2v) is 9.06. The topological polar surface area (TPSA) is 79.0 Å². The lowest BCUT2D eigenvalue weighted by atomic mass is 9.89. The molecule has 0 spiro atoms. The lowest BCUT2D eigenvalue weighted by molar-refractivity contribution is -0.133. The highest BCUT2D eigenvalue weighted by Crippen LogP contribution is 2.23. The molecule has 2 aliphatic rings. The van der Waals surface area contributed by atoms with Crippen molar-refractivity contribution >= 4 is 29.0 Å². The first-order chi connectivity index (χ1) is 16.5. The summed E-state index contributed by atoms with van der Waals surface area (Å²) in [5.41, 5.74) is 5.05. The van der Waals surface area contributed by atoms with E-state index in [-0.39, 0.29) is 37.0 Å². The first-order valence-electron chi connectivity index (χ1n) is 12.1. The first-order valence-corrected chi connectivity index (χ1v) is 12.1. The minimum absolute atomic E-state index is 0.0278. The number of carbonyl (C=O) groups is 3. The molecule has 0 radical (unpaired) electrons. The van der Waals surface area contributed by atoms with E-state index in [1.807, 2.05) is 42.5 Å². The molecular weight excluding hydrogens is 430 g/mol. The molecule has 2 amide bonds. The molecule has 0 bridgehead atoms. The van der Waals surface area contributed by atoms with Crippen LogP contribution >= 0.6 is 0 Å². The third-order valence-corrected chi connectivity index (χ3v) is 6.57. The van der Waals surface area contributed by atoms with Gasteiger partial charge in [-0.2, -0.15) is 0 Å². The SMILES string of the molecule is CN(CC(=O)Nc1ccc(N2CCOCC2)cc1)C(=O)CCC(=O)c1ccc2c(c1)CCCC2. The Hall–Kier alpha value is -3.19. The number of amides is 2. The van der Waals surface area contributed by atoms with E-state index in [9.17, 15) is 14.4 Å². The van der Waals surface area contributed by atoms with Crippen molar-refractivity contribution in [2.45, 2.75) is 38.5 Å². The maximum atomic E-state index is 12.6. The van der Waals surface area contributed by atoms with Crippen LogP contribution in [0.4, 0.5) is 11.4 Å². The number of anilines is 2. The van der Waals surface area contributed by atoms with Gasteiger partial charge in [0, 0.05) is 49.9 Å². The number of rotatable bonds is 8. The third-order valence-electron chi connectivity index (χ3n) is 6.57. The molecule has 1 aliphatic carbocycles. The Bertz CT molecular complexity index is 1030. The number of Topliss-reactive ketones (excluding diaryl/α,β-unsaturated/α-hetero) is 1. The van der Waals surface area contributed by atoms with E-state index in [0.29, 0.717) is 11.3 Å². The van der Waals surface area contributed by atoms with Gasteiger partial charge in [0.1, 0.15) is 0 Å². The van der Waals surface area contributed by atoms with E-state index < -0.39 is 0 Å². The molecule has 0 atom stereocenters. The van der Waals surface area contributed by atoms with Gasteiger partial charge in [-0.1, -0.05) is 12.1 Å². The van der Waals surface area contributed by atoms with Gasteiger partial charge in [0.05, 0.1) is 19.8 Å². The summed E-state index contributed by atoms with van der Waals surface area (Å²) in [5, 5.41) is 2.83. The average molecular weight is 464 g/mol. The molecule has 0 saturated carbocycles. The van der Waals surface area contributed by atoms with E-state index in [0.717, 1.165) is 51.3 Å². The summed E-state index contributed by atoms with van der Waals surface area (Å²) in [4.78, 5) is 41.1. The molecule has 1 saturated heterocycles. The van der Waals surface area contributed by atoms with Gasteiger partial charge in [-0.05, 0) is 67.1 Å². The zero-order chi connectivity index (χ0) is 23.9. The lowest BCUT2D eigenvalue weighted by Crippen LogP contribution is -2.36. The second-order valence-electron chi connectivity index (χ2n) is 9.06. The summed E-state index contributed by atoms with van der Waals surface area (Å²) < 4.78 is 5.38. The van der Waals surface area contributed by atoms with Crippen molar-refractivity contribution in [2.75, 3.05) is 50.1 Å². The molecule has 7 nitrogen and oxygen atoms in total. The zero-order valence-corrected chi connectivity index (χ0v) is 19.8. The lowest BCUT2D eigenvalue weighted by Gasteiger charge is -2.28. The number of nitrogens with zero attached hydrogens (tertiary/aromatic N) is 2. The minimum atomic E-state index is -0.268. The molecule has 7 heteroatoms. The smallest absolute Gasteiger partial charge is 0.243 e. The Morgan fingerprint density at radius 2 is 1.65 bits per heavy atom. The van der Waals surface area contributed by atoms with Crippen molar-refractivity contribution in [2.24, 2.45) is 0 Å². The van der Waals surface area contributed by atoms with Crippen LogP contribution in [0.3, 0.4) is 0 Å².